The van der Waals surface area contributed by atoms with Gasteiger partial charge in [-0.1, -0.05) is 72.0 Å². The van der Waals surface area contributed by atoms with Crippen molar-refractivity contribution in [1.82, 2.24) is 4.90 Å². The zero-order valence-electron chi connectivity index (χ0n) is 15.9. The Kier molecular flexibility index (Phi) is 10.0. The van der Waals surface area contributed by atoms with Gasteiger partial charge in [-0.15, -0.1) is 5.47 Å². The molecule has 25 heavy (non-hydrogen) atoms. The van der Waals surface area contributed by atoms with Gasteiger partial charge >= 0.3 is 0 Å². The molecule has 1 atom stereocenters. The Hall–Kier alpha value is -1.74. The molecule has 0 saturated carbocycles. The summed E-state index contributed by atoms with van der Waals surface area (Å²) in [6, 6.07) is 0.247. The number of nitrogens with zero attached hydrogens (tertiary/aromatic N) is 1. The van der Waals surface area contributed by atoms with Gasteiger partial charge < -0.3 is 4.90 Å². The summed E-state index contributed by atoms with van der Waals surface area (Å²) in [5, 5.41) is 0. The van der Waals surface area contributed by atoms with E-state index in [1.54, 1.807) is 6.08 Å². The van der Waals surface area contributed by atoms with Crippen LogP contribution in [0.4, 0.5) is 0 Å². The van der Waals surface area contributed by atoms with Crippen LogP contribution in [0.3, 0.4) is 0 Å². The van der Waals surface area contributed by atoms with E-state index in [1.165, 1.54) is 16.9 Å². The second-order valence-electron chi connectivity index (χ2n) is 6.11. The Morgan fingerprint density at radius 3 is 2.80 bits per heavy atom. The van der Waals surface area contributed by atoms with Gasteiger partial charge in [0.25, 0.3) is 0 Å². The predicted octanol–water partition coefficient (Wildman–Crippen LogP) is 5.93. The van der Waals surface area contributed by atoms with E-state index in [4.69, 9.17) is 0 Å². The third-order valence-corrected chi connectivity index (χ3v) is 4.47. The molecule has 0 aliphatic heterocycles. The minimum Gasteiger partial charge on any atom is -0.339 e. The first kappa shape index (κ1) is 21.3. The van der Waals surface area contributed by atoms with Gasteiger partial charge in [0, 0.05) is 21.9 Å². The molecular weight excluding hydrogens is 369 g/mol. The summed E-state index contributed by atoms with van der Waals surface area (Å²) in [4.78, 5) is 2.35. The molecule has 0 bridgehead atoms. The van der Waals surface area contributed by atoms with Crippen LogP contribution in [0.15, 0.2) is 94.8 Å². The molecule has 132 valence electrons. The highest BCUT2D eigenvalue weighted by molar-refractivity contribution is 9.11. The lowest BCUT2D eigenvalue weighted by molar-refractivity contribution is 0.394. The summed E-state index contributed by atoms with van der Waals surface area (Å²) in [5.41, 5.74) is 3.75. The summed E-state index contributed by atoms with van der Waals surface area (Å²) in [6.45, 7) is 10.3. The van der Waals surface area contributed by atoms with Crippen molar-refractivity contribution in [3.63, 3.8) is 0 Å². The minimum atomic E-state index is 0.247. The van der Waals surface area contributed by atoms with Gasteiger partial charge in [-0.3, -0.25) is 0 Å². The van der Waals surface area contributed by atoms with E-state index in [9.17, 15) is 0 Å². The quantitative estimate of drug-likeness (QED) is 0.362. The smallest absolute Gasteiger partial charge is 0.134 e. The first-order chi connectivity index (χ1) is 12.0. The van der Waals surface area contributed by atoms with E-state index < -0.39 is 0 Å². The van der Waals surface area contributed by atoms with E-state index in [0.717, 1.165) is 17.3 Å². The third kappa shape index (κ3) is 7.79. The molecule has 0 aromatic carbocycles. The van der Waals surface area contributed by atoms with Gasteiger partial charge in [-0.05, 0) is 51.0 Å². The van der Waals surface area contributed by atoms with E-state index in [1.807, 2.05) is 6.08 Å². The van der Waals surface area contributed by atoms with Crippen molar-refractivity contribution in [2.45, 2.75) is 39.7 Å². The van der Waals surface area contributed by atoms with Crippen molar-refractivity contribution in [2.24, 2.45) is 0 Å². The van der Waals surface area contributed by atoms with Gasteiger partial charge in [-0.2, -0.15) is 0 Å². The average molecular weight is 398 g/mol. The average Bonchev–Trinajstić information content (AvgIpc) is 2.81. The fourth-order valence-electron chi connectivity index (χ4n) is 2.51. The summed E-state index contributed by atoms with van der Waals surface area (Å²) >= 11 is 3.49. The normalized spacial score (nSPS) is 17.4. The largest absolute Gasteiger partial charge is 0.339 e. The van der Waals surface area contributed by atoms with Crippen LogP contribution in [-0.2, 0) is 0 Å². The molecule has 0 heterocycles. The van der Waals surface area contributed by atoms with Gasteiger partial charge in [0.1, 0.15) is 7.85 Å². The van der Waals surface area contributed by atoms with Crippen molar-refractivity contribution in [3.05, 3.63) is 94.8 Å². The molecule has 0 saturated heterocycles. The summed E-state index contributed by atoms with van der Waals surface area (Å²) in [7, 11) is 2.17. The van der Waals surface area contributed by atoms with Crippen LogP contribution < -0.4 is 0 Å². The van der Waals surface area contributed by atoms with E-state index in [2.05, 4.69) is 111 Å². The van der Waals surface area contributed by atoms with Crippen molar-refractivity contribution in [3.8, 4) is 0 Å². The molecule has 0 aromatic rings. The monoisotopic (exact) mass is 397 g/mol. The molecule has 3 heteroatoms. The molecule has 0 fully saturated rings. The van der Waals surface area contributed by atoms with Crippen LogP contribution in [-0.4, -0.2) is 18.8 Å². The molecule has 1 aliphatic carbocycles. The fourth-order valence-corrected chi connectivity index (χ4v) is 2.64. The van der Waals surface area contributed by atoms with E-state index in [0.29, 0.717) is 0 Å². The minimum absolute atomic E-state index is 0.247. The zero-order chi connectivity index (χ0) is 18.7. The van der Waals surface area contributed by atoms with Crippen molar-refractivity contribution in [1.29, 1.82) is 0 Å². The molecule has 0 radical (unpaired) electrons. The van der Waals surface area contributed by atoms with Gasteiger partial charge in [0.2, 0.25) is 0 Å². The summed E-state index contributed by atoms with van der Waals surface area (Å²) in [6.07, 6.45) is 25.5. The van der Waals surface area contributed by atoms with Crippen LogP contribution in [0, 0.1) is 0 Å². The van der Waals surface area contributed by atoms with Crippen molar-refractivity contribution in [2.75, 3.05) is 0 Å². The Bertz CT molecular complexity index is 660. The first-order valence-electron chi connectivity index (χ1n) is 8.82. The Balaban J connectivity index is 3.19. The molecular formula is C22H29BBrN. The highest BCUT2D eigenvalue weighted by atomic mass is 79.9. The molecule has 0 N–H and O–H groups in total. The van der Waals surface area contributed by atoms with Crippen molar-refractivity contribution < 1.29 is 0 Å². The van der Waals surface area contributed by atoms with Crippen LogP contribution in [0.5, 0.6) is 0 Å². The molecule has 1 aliphatic rings. The molecule has 1 rings (SSSR count). The number of halogens is 1. The Morgan fingerprint density at radius 2 is 2.12 bits per heavy atom. The maximum Gasteiger partial charge on any atom is 0.134 e. The Morgan fingerprint density at radius 1 is 1.36 bits per heavy atom. The van der Waals surface area contributed by atoms with Gasteiger partial charge in [0.15, 0.2) is 0 Å². The summed E-state index contributed by atoms with van der Waals surface area (Å²) < 4.78 is 0.974. The van der Waals surface area contributed by atoms with Gasteiger partial charge in [-0.25, -0.2) is 0 Å². The van der Waals surface area contributed by atoms with Gasteiger partial charge in [0.05, 0.1) is 0 Å². The lowest BCUT2D eigenvalue weighted by Gasteiger charge is -2.31. The maximum absolute atomic E-state index is 3.78. The standard InChI is InChI=1S/C22H29BBrN/c1-5-7-8-9-11-18(3)25(19(4)14-16-21(24)6-2)22-13-10-12-20(23)15-17-22/h6-11,13-18H,2,5,12,23H2,1,3-4H3/b8-7-,11-9-,19-14+,21-16+. The number of hydrogen-bond acceptors (Lipinski definition) is 1. The van der Waals surface area contributed by atoms with Crippen LogP contribution in [0.2, 0.25) is 0 Å². The van der Waals surface area contributed by atoms with Crippen LogP contribution >= 0.6 is 15.9 Å². The maximum atomic E-state index is 3.78. The zero-order valence-corrected chi connectivity index (χ0v) is 17.5. The van der Waals surface area contributed by atoms with Crippen LogP contribution in [0.1, 0.15) is 33.6 Å². The lowest BCUT2D eigenvalue weighted by Crippen LogP contribution is -2.28. The van der Waals surface area contributed by atoms with Crippen molar-refractivity contribution >= 4 is 23.8 Å². The second kappa shape index (κ2) is 11.8. The molecule has 0 amide bonds. The number of rotatable bonds is 8. The molecule has 1 unspecified atom stereocenters. The second-order valence-corrected chi connectivity index (χ2v) is 7.02. The highest BCUT2D eigenvalue weighted by Gasteiger charge is 2.15. The topological polar surface area (TPSA) is 3.24 Å². The number of allylic oxidation sites excluding steroid dienone is 13. The van der Waals surface area contributed by atoms with E-state index >= 15 is 0 Å². The number of hydrogen-bond donors (Lipinski definition) is 0. The Labute approximate surface area is 163 Å². The molecule has 1 nitrogen and oxygen atoms in total. The SMILES string of the molecule is BC1=CC=C(N(/C(C)=C/C=C(/Br)C=C)C(C)/C=C\C=C/CC)C=CC1. The highest BCUT2D eigenvalue weighted by Crippen LogP contribution is 2.22. The summed E-state index contributed by atoms with van der Waals surface area (Å²) in [5.74, 6) is 0. The lowest BCUT2D eigenvalue weighted by atomic mass is 9.93. The van der Waals surface area contributed by atoms with Crippen LogP contribution in [0.25, 0.3) is 0 Å². The molecule has 0 aromatic heterocycles. The fraction of sp³-hybridized carbons (Fsp3) is 0.273. The molecule has 0 spiro atoms. The third-order valence-electron chi connectivity index (χ3n) is 3.88. The van der Waals surface area contributed by atoms with E-state index in [-0.39, 0.29) is 6.04 Å². The predicted molar refractivity (Wildman–Crippen MR) is 119 cm³/mol. The first-order valence-corrected chi connectivity index (χ1v) is 9.62.